The lowest BCUT2D eigenvalue weighted by molar-refractivity contribution is -0.159. The normalized spacial score (nSPS) is 41.6. The largest absolute Gasteiger partial charge is 0.461 e. The Hall–Kier alpha value is -1.66. The number of carbonyl (C=O) groups is 2. The van der Waals surface area contributed by atoms with Crippen molar-refractivity contribution in [3.8, 4) is 0 Å². The lowest BCUT2D eigenvalue weighted by atomic mass is 9.79. The molecule has 0 radical (unpaired) electrons. The second kappa shape index (κ2) is 6.57. The highest BCUT2D eigenvalue weighted by molar-refractivity contribution is 5.76. The first kappa shape index (κ1) is 18.1. The van der Waals surface area contributed by atoms with E-state index in [4.69, 9.17) is 9.47 Å². The number of carbonyl (C=O) groups excluding carboxylic acids is 2. The maximum atomic E-state index is 12.2. The van der Waals surface area contributed by atoms with E-state index in [9.17, 15) is 19.8 Å². The van der Waals surface area contributed by atoms with Crippen LogP contribution in [-0.4, -0.2) is 47.1 Å². The average molecular weight is 350 g/mol. The van der Waals surface area contributed by atoms with Gasteiger partial charge in [0.15, 0.2) is 0 Å². The Morgan fingerprint density at radius 2 is 2.12 bits per heavy atom. The first-order valence-electron chi connectivity index (χ1n) is 8.82. The third-order valence-corrected chi connectivity index (χ3v) is 6.06. The minimum Gasteiger partial charge on any atom is -0.461 e. The van der Waals surface area contributed by atoms with Crippen molar-refractivity contribution < 1.29 is 29.3 Å². The van der Waals surface area contributed by atoms with Crippen LogP contribution in [0.3, 0.4) is 0 Å². The molecule has 0 aromatic heterocycles. The second-order valence-corrected chi connectivity index (χ2v) is 7.65. The van der Waals surface area contributed by atoms with Crippen LogP contribution in [0, 0.1) is 29.6 Å². The Morgan fingerprint density at radius 1 is 1.44 bits per heavy atom. The van der Waals surface area contributed by atoms with E-state index >= 15 is 0 Å². The van der Waals surface area contributed by atoms with E-state index in [-0.39, 0.29) is 30.3 Å². The number of esters is 2. The molecule has 138 valence electrons. The predicted molar refractivity (Wildman–Crippen MR) is 89.2 cm³/mol. The molecule has 6 heteroatoms. The highest BCUT2D eigenvalue weighted by atomic mass is 16.6. The maximum Gasteiger partial charge on any atom is 0.311 e. The van der Waals surface area contributed by atoms with Crippen LogP contribution in [0.25, 0.3) is 0 Å². The van der Waals surface area contributed by atoms with Gasteiger partial charge in [0.1, 0.15) is 12.2 Å². The Balaban J connectivity index is 1.94. The lowest BCUT2D eigenvalue weighted by Crippen LogP contribution is -2.39. The molecule has 0 bridgehead atoms. The monoisotopic (exact) mass is 350 g/mol. The molecular formula is C19H26O6. The summed E-state index contributed by atoms with van der Waals surface area (Å²) in [6.07, 6.45) is -0.705. The summed E-state index contributed by atoms with van der Waals surface area (Å²) in [5, 5.41) is 19.4. The minimum atomic E-state index is -0.629. The molecule has 8 atom stereocenters. The van der Waals surface area contributed by atoms with Crippen molar-refractivity contribution >= 4 is 11.9 Å². The number of hydrogen-bond acceptors (Lipinski definition) is 6. The molecule has 2 saturated carbocycles. The van der Waals surface area contributed by atoms with Crippen LogP contribution < -0.4 is 0 Å². The molecular weight excluding hydrogens is 324 g/mol. The summed E-state index contributed by atoms with van der Waals surface area (Å²) in [7, 11) is 0. The average Bonchev–Trinajstić information content (AvgIpc) is 2.99. The molecule has 3 rings (SSSR count). The fourth-order valence-corrected chi connectivity index (χ4v) is 4.49. The molecule has 0 amide bonds. The molecule has 3 aliphatic rings. The van der Waals surface area contributed by atoms with E-state index in [1.54, 1.807) is 13.8 Å². The summed E-state index contributed by atoms with van der Waals surface area (Å²) < 4.78 is 11.3. The van der Waals surface area contributed by atoms with Crippen LogP contribution in [0.5, 0.6) is 0 Å². The quantitative estimate of drug-likeness (QED) is 0.587. The Kier molecular flexibility index (Phi) is 4.77. The van der Waals surface area contributed by atoms with Gasteiger partial charge in [0.25, 0.3) is 0 Å². The number of rotatable bonds is 3. The van der Waals surface area contributed by atoms with Gasteiger partial charge in [0.05, 0.1) is 24.5 Å². The van der Waals surface area contributed by atoms with Gasteiger partial charge in [0, 0.05) is 18.3 Å². The van der Waals surface area contributed by atoms with Crippen LogP contribution in [0.2, 0.25) is 0 Å². The Labute approximate surface area is 147 Å². The first-order chi connectivity index (χ1) is 11.8. The fraction of sp³-hybridized carbons (Fsp3) is 0.684. The van der Waals surface area contributed by atoms with Crippen LogP contribution >= 0.6 is 0 Å². The Bertz CT molecular complexity index is 611. The molecule has 0 aromatic rings. The van der Waals surface area contributed by atoms with Crippen molar-refractivity contribution in [3.05, 3.63) is 24.3 Å². The SMILES string of the molecule is C=C1[C@@H]2[C@H]3OC(=O)[C@@H](C)[C@@H]3[C@@H](OC(=O)[C@H](C)CO)CC(=C)[C@@H]2C[C@@H]1O. The first-order valence-corrected chi connectivity index (χ1v) is 8.82. The fourth-order valence-electron chi connectivity index (χ4n) is 4.49. The zero-order valence-corrected chi connectivity index (χ0v) is 14.7. The molecule has 2 N–H and O–H groups in total. The van der Waals surface area contributed by atoms with Crippen molar-refractivity contribution in [2.75, 3.05) is 6.61 Å². The second-order valence-electron chi connectivity index (χ2n) is 7.65. The van der Waals surface area contributed by atoms with E-state index < -0.39 is 36.1 Å². The highest BCUT2D eigenvalue weighted by Crippen LogP contribution is 2.52. The van der Waals surface area contributed by atoms with Gasteiger partial charge in [-0.25, -0.2) is 0 Å². The van der Waals surface area contributed by atoms with Crippen molar-refractivity contribution in [2.45, 2.75) is 45.0 Å². The van der Waals surface area contributed by atoms with Crippen molar-refractivity contribution in [1.82, 2.24) is 0 Å². The number of aliphatic hydroxyl groups is 2. The number of hydrogen-bond donors (Lipinski definition) is 2. The molecule has 1 saturated heterocycles. The number of ether oxygens (including phenoxy) is 2. The number of aliphatic hydroxyl groups excluding tert-OH is 2. The summed E-state index contributed by atoms with van der Waals surface area (Å²) in [4.78, 5) is 24.4. The molecule has 1 heterocycles. The van der Waals surface area contributed by atoms with Gasteiger partial charge in [0.2, 0.25) is 0 Å². The van der Waals surface area contributed by atoms with Crippen LogP contribution in [0.4, 0.5) is 0 Å². The van der Waals surface area contributed by atoms with Crippen molar-refractivity contribution in [1.29, 1.82) is 0 Å². The van der Waals surface area contributed by atoms with Crippen molar-refractivity contribution in [3.63, 3.8) is 0 Å². The van der Waals surface area contributed by atoms with Gasteiger partial charge in [-0.05, 0) is 24.8 Å². The Morgan fingerprint density at radius 3 is 2.76 bits per heavy atom. The standard InChI is InChI=1S/C19H26O6/c1-8-5-14(24-18(22)9(2)7-20)16-11(4)19(23)25-17(16)15-10(3)13(21)6-12(8)15/h9,11-17,20-21H,1,3,5-7H2,2,4H3/t9-,11+,12+,13+,14+,15+,16-,17-/m1/s1. The zero-order chi connectivity index (χ0) is 18.5. The van der Waals surface area contributed by atoms with Gasteiger partial charge in [-0.3, -0.25) is 9.59 Å². The third kappa shape index (κ3) is 2.91. The summed E-state index contributed by atoms with van der Waals surface area (Å²) in [6.45, 7) is 11.2. The van der Waals surface area contributed by atoms with Gasteiger partial charge < -0.3 is 19.7 Å². The van der Waals surface area contributed by atoms with Crippen molar-refractivity contribution in [2.24, 2.45) is 29.6 Å². The molecule has 6 nitrogen and oxygen atoms in total. The molecule has 0 aromatic carbocycles. The molecule has 1 aliphatic heterocycles. The van der Waals surface area contributed by atoms with E-state index in [0.29, 0.717) is 18.4 Å². The lowest BCUT2D eigenvalue weighted by Gasteiger charge is -2.30. The molecule has 2 aliphatic carbocycles. The summed E-state index contributed by atoms with van der Waals surface area (Å²) in [5.41, 5.74) is 1.55. The highest BCUT2D eigenvalue weighted by Gasteiger charge is 2.57. The van der Waals surface area contributed by atoms with E-state index in [1.807, 2.05) is 0 Å². The molecule has 3 fully saturated rings. The predicted octanol–water partition coefficient (Wildman–Crippen LogP) is 1.22. The van der Waals surface area contributed by atoms with Gasteiger partial charge >= 0.3 is 11.9 Å². The van der Waals surface area contributed by atoms with Crippen LogP contribution in [0.15, 0.2) is 24.3 Å². The molecule has 25 heavy (non-hydrogen) atoms. The van der Waals surface area contributed by atoms with E-state index in [2.05, 4.69) is 13.2 Å². The summed E-state index contributed by atoms with van der Waals surface area (Å²) in [6, 6.07) is 0. The number of fused-ring (bicyclic) bond motifs is 3. The van der Waals surface area contributed by atoms with Gasteiger partial charge in [-0.2, -0.15) is 0 Å². The summed E-state index contributed by atoms with van der Waals surface area (Å²) >= 11 is 0. The van der Waals surface area contributed by atoms with Crippen LogP contribution in [0.1, 0.15) is 26.7 Å². The maximum absolute atomic E-state index is 12.2. The molecule has 0 spiro atoms. The van der Waals surface area contributed by atoms with Gasteiger partial charge in [-0.15, -0.1) is 0 Å². The van der Waals surface area contributed by atoms with E-state index in [1.165, 1.54) is 0 Å². The zero-order valence-electron chi connectivity index (χ0n) is 14.7. The van der Waals surface area contributed by atoms with Gasteiger partial charge in [-0.1, -0.05) is 25.7 Å². The molecule has 0 unspecified atom stereocenters. The van der Waals surface area contributed by atoms with E-state index in [0.717, 1.165) is 5.57 Å². The smallest absolute Gasteiger partial charge is 0.311 e. The minimum absolute atomic E-state index is 0.0351. The van der Waals surface area contributed by atoms with Crippen LogP contribution in [-0.2, 0) is 19.1 Å². The third-order valence-electron chi connectivity index (χ3n) is 6.06. The summed E-state index contributed by atoms with van der Waals surface area (Å²) in [5.74, 6) is -2.38. The topological polar surface area (TPSA) is 93.1 Å².